The molecule has 7 rings (SSSR count). The second-order valence-electron chi connectivity index (χ2n) is 14.2. The number of hydrogen-bond acceptors (Lipinski definition) is 0. The molecule has 0 nitrogen and oxygen atoms in total. The molecule has 1 aliphatic rings. The Bertz CT molecular complexity index is 1860. The molecule has 1 aliphatic carbocycles. The number of benzene rings is 4. The van der Waals surface area contributed by atoms with Gasteiger partial charge in [0.2, 0.25) is 0 Å². The van der Waals surface area contributed by atoms with Gasteiger partial charge in [-0.3, -0.25) is 0 Å². The van der Waals surface area contributed by atoms with Gasteiger partial charge < -0.3 is 14.9 Å². The van der Waals surface area contributed by atoms with Crippen LogP contribution in [0.1, 0.15) is 101 Å². The van der Waals surface area contributed by atoms with Crippen LogP contribution in [0.3, 0.4) is 0 Å². The number of aryl methyl sites for hydroxylation is 1. The minimum absolute atomic E-state index is 0. The summed E-state index contributed by atoms with van der Waals surface area (Å²) in [7, 11) is 0. The van der Waals surface area contributed by atoms with Gasteiger partial charge in [0.25, 0.3) is 0 Å². The number of rotatable bonds is 5. The van der Waals surface area contributed by atoms with E-state index in [0.717, 1.165) is 12.3 Å². The fourth-order valence-corrected chi connectivity index (χ4v) is 6.95. The van der Waals surface area contributed by atoms with E-state index in [-0.39, 0.29) is 45.1 Å². The van der Waals surface area contributed by atoms with Crippen LogP contribution in [-0.4, -0.2) is 6.88 Å². The van der Waals surface area contributed by atoms with Crippen LogP contribution in [0.4, 0.5) is 0 Å². The molecular weight excluding hydrogens is 743 g/mol. The van der Waals surface area contributed by atoms with Crippen molar-refractivity contribution in [2.24, 2.45) is 0 Å². The third kappa shape index (κ3) is 10.7. The molecule has 0 spiro atoms. The SMILES string of the molecule is CC(C)c1ccc(-c2cccc3[cH-]c(C4CCCC4)cc23)cc1.CCc1cc2c(-c3ccc(C(C)(C)C)cc3)cccc2[cH-]1.Cl.Cl.[CH3-].[CH3-].[Si]=[Zr]. The topological polar surface area (TPSA) is 0 Å². The van der Waals surface area contributed by atoms with Crippen molar-refractivity contribution >= 4 is 53.2 Å². The Morgan fingerprint density at radius 3 is 1.66 bits per heavy atom. The Kier molecular flexibility index (Phi) is 19.0. The Balaban J connectivity index is 0.000000444. The molecule has 2 radical (unpaired) electrons. The monoisotopic (exact) mass is 796 g/mol. The summed E-state index contributed by atoms with van der Waals surface area (Å²) in [6, 6.07) is 41.0. The second kappa shape index (κ2) is 20.7. The van der Waals surface area contributed by atoms with Gasteiger partial charge >= 0.3 is 30.2 Å². The predicted molar refractivity (Wildman–Crippen MR) is 226 cm³/mol. The normalized spacial score (nSPS) is 12.4. The van der Waals surface area contributed by atoms with Gasteiger partial charge in [-0.2, -0.15) is 12.1 Å². The van der Waals surface area contributed by atoms with Crippen LogP contribution < -0.4 is 0 Å². The van der Waals surface area contributed by atoms with Gasteiger partial charge in [0.1, 0.15) is 0 Å². The number of hydrogen-bond donors (Lipinski definition) is 0. The molecule has 0 aromatic heterocycles. The molecule has 0 saturated heterocycles. The first-order valence-electron chi connectivity index (χ1n) is 17.0. The summed E-state index contributed by atoms with van der Waals surface area (Å²) in [5.74, 6) is 1.38. The second-order valence-corrected chi connectivity index (χ2v) is 14.2. The molecule has 0 bridgehead atoms. The summed E-state index contributed by atoms with van der Waals surface area (Å²) in [6.45, 7) is 16.6. The average molecular weight is 799 g/mol. The number of halogens is 2. The van der Waals surface area contributed by atoms with Crippen molar-refractivity contribution in [3.63, 3.8) is 0 Å². The van der Waals surface area contributed by atoms with E-state index in [1.807, 2.05) is 0 Å². The zero-order valence-electron chi connectivity index (χ0n) is 31.4. The van der Waals surface area contributed by atoms with Gasteiger partial charge in [-0.15, -0.1) is 93.9 Å². The van der Waals surface area contributed by atoms with Crippen LogP contribution in [0.2, 0.25) is 0 Å². The molecule has 0 atom stereocenters. The molecule has 266 valence electrons. The Morgan fingerprint density at radius 2 is 1.18 bits per heavy atom. The summed E-state index contributed by atoms with van der Waals surface area (Å²) in [5.41, 5.74) is 11.3. The van der Waals surface area contributed by atoms with Crippen LogP contribution in [0.5, 0.6) is 0 Å². The Labute approximate surface area is 333 Å². The third-order valence-electron chi connectivity index (χ3n) is 9.77. The summed E-state index contributed by atoms with van der Waals surface area (Å²) in [6.07, 6.45) is 6.63. The first kappa shape index (κ1) is 45.8. The summed E-state index contributed by atoms with van der Waals surface area (Å²) < 4.78 is 0. The van der Waals surface area contributed by atoms with Crippen molar-refractivity contribution in [1.82, 2.24) is 0 Å². The van der Waals surface area contributed by atoms with E-state index in [4.69, 9.17) is 0 Å². The van der Waals surface area contributed by atoms with E-state index in [1.54, 1.807) is 5.56 Å². The maximum absolute atomic E-state index is 3.06. The van der Waals surface area contributed by atoms with E-state index in [0.29, 0.717) is 5.92 Å². The van der Waals surface area contributed by atoms with Crippen LogP contribution in [0, 0.1) is 14.9 Å². The average Bonchev–Trinajstić information content (AvgIpc) is 3.85. The Morgan fingerprint density at radius 1 is 0.700 bits per heavy atom. The van der Waals surface area contributed by atoms with E-state index >= 15 is 0 Å². The van der Waals surface area contributed by atoms with E-state index in [9.17, 15) is 0 Å². The molecule has 0 heterocycles. The molecule has 1 saturated carbocycles. The minimum atomic E-state index is 0. The van der Waals surface area contributed by atoms with Gasteiger partial charge in [-0.05, 0) is 58.8 Å². The van der Waals surface area contributed by atoms with Crippen molar-refractivity contribution in [2.75, 3.05) is 0 Å². The molecule has 0 unspecified atom stereocenters. The van der Waals surface area contributed by atoms with Crippen molar-refractivity contribution in [2.45, 2.75) is 90.9 Å². The maximum atomic E-state index is 3.06. The molecule has 6 aromatic carbocycles. The zero-order chi connectivity index (χ0) is 32.8. The number of fused-ring (bicyclic) bond motifs is 2. The molecule has 0 aliphatic heterocycles. The van der Waals surface area contributed by atoms with Gasteiger partial charge in [-0.1, -0.05) is 126 Å². The summed E-state index contributed by atoms with van der Waals surface area (Å²) in [5, 5.41) is 5.55. The molecule has 4 heteroatoms. The fourth-order valence-electron chi connectivity index (χ4n) is 6.95. The summed E-state index contributed by atoms with van der Waals surface area (Å²) in [4.78, 5) is 0. The molecule has 0 N–H and O–H groups in total. The van der Waals surface area contributed by atoms with Crippen molar-refractivity contribution in [3.05, 3.63) is 146 Å². The van der Waals surface area contributed by atoms with Crippen molar-refractivity contribution in [1.29, 1.82) is 0 Å². The van der Waals surface area contributed by atoms with Crippen LogP contribution >= 0.6 is 24.8 Å². The van der Waals surface area contributed by atoms with Gasteiger partial charge in [0, 0.05) is 0 Å². The van der Waals surface area contributed by atoms with E-state index in [1.165, 1.54) is 110 Å². The quantitative estimate of drug-likeness (QED) is 0.120. The molecule has 1 fully saturated rings. The Hall–Kier alpha value is -2.22. The van der Waals surface area contributed by atoms with E-state index in [2.05, 4.69) is 158 Å². The van der Waals surface area contributed by atoms with Crippen molar-refractivity contribution < 1.29 is 23.3 Å². The van der Waals surface area contributed by atoms with Crippen molar-refractivity contribution in [3.8, 4) is 22.3 Å². The zero-order valence-corrected chi connectivity index (χ0v) is 36.5. The van der Waals surface area contributed by atoms with Gasteiger partial charge in [0.05, 0.1) is 0 Å². The van der Waals surface area contributed by atoms with Crippen LogP contribution in [0.25, 0.3) is 43.8 Å². The first-order chi connectivity index (χ1) is 22.2. The first-order valence-corrected chi connectivity index (χ1v) is 21.2. The molecule has 50 heavy (non-hydrogen) atoms. The van der Waals surface area contributed by atoms with E-state index < -0.39 is 0 Å². The predicted octanol–water partition coefficient (Wildman–Crippen LogP) is 14.5. The standard InChI is InChI=1S/C23H25.C21H23.2CH3.2ClH.Si.Zr/c1-16(2)17-10-12-19(13-11-17)22-9-5-8-20-14-21(15-23(20)22)18-6-3-4-7-18;1-5-15-13-17-7-6-8-19(20(17)14-15)16-9-11-18(12-10-16)21(2,3)4;;;;;;/h5,8-16,18H,3-4,6-7H2,1-2H3;6-14H,5H2,1-4H3;2*1H3;2*1H;;/q4*-1;;;;. The van der Waals surface area contributed by atoms with Gasteiger partial charge in [0.15, 0.2) is 0 Å². The molecular formula is C46H56Cl2SiZr-4. The molecule has 6 aromatic rings. The van der Waals surface area contributed by atoms with Crippen LogP contribution in [0.15, 0.2) is 109 Å². The van der Waals surface area contributed by atoms with Crippen LogP contribution in [-0.2, 0) is 35.2 Å². The van der Waals surface area contributed by atoms with Gasteiger partial charge in [-0.25, -0.2) is 0 Å². The molecule has 0 amide bonds. The fraction of sp³-hybridized carbons (Fsp3) is 0.304. The third-order valence-corrected chi connectivity index (χ3v) is 9.77. The summed E-state index contributed by atoms with van der Waals surface area (Å²) >= 11 is 1.36.